The van der Waals surface area contributed by atoms with Crippen molar-refractivity contribution in [2.24, 2.45) is 0 Å². The number of amides is 1. The first-order valence-corrected chi connectivity index (χ1v) is 38.9. The van der Waals surface area contributed by atoms with Crippen molar-refractivity contribution in [1.82, 2.24) is 5.32 Å². The average Bonchev–Trinajstić information content (AvgIpc) is 1.72. The summed E-state index contributed by atoms with van der Waals surface area (Å²) in [6.07, 6.45) is 75.5. The lowest BCUT2D eigenvalue weighted by atomic mass is 9.98. The highest BCUT2D eigenvalue weighted by molar-refractivity contribution is 5.80. The van der Waals surface area contributed by atoms with E-state index in [-0.39, 0.29) is 12.8 Å². The first-order valence-electron chi connectivity index (χ1n) is 38.9. The SMILES string of the molecule is CCCCCCCCCCCCCCCCC/C=C/CC/C=C/CCCC(O)C(O)C(COC1OC(CO)C(O)C(O)C1O)NC(=O)C(O)CCCCCCCCCCCCCCCCCC/C=C\CCCCCCCCCCCCCCCCCCCC. The van der Waals surface area contributed by atoms with E-state index >= 15 is 0 Å². The number of aliphatic hydroxyl groups excluding tert-OH is 7. The molecular formula is C78H149NO10. The van der Waals surface area contributed by atoms with Crippen LogP contribution < -0.4 is 5.32 Å². The predicted molar refractivity (Wildman–Crippen MR) is 376 cm³/mol. The summed E-state index contributed by atoms with van der Waals surface area (Å²) in [5.74, 6) is -0.704. The molecule has 0 radical (unpaired) electrons. The quantitative estimate of drug-likeness (QED) is 0.0215. The van der Waals surface area contributed by atoms with Gasteiger partial charge in [-0.05, 0) is 77.0 Å². The number of carbonyl (C=O) groups excluding carboxylic acids is 1. The number of rotatable bonds is 69. The summed E-state index contributed by atoms with van der Waals surface area (Å²) in [5.41, 5.74) is 0. The van der Waals surface area contributed by atoms with Gasteiger partial charge in [0.25, 0.3) is 0 Å². The van der Waals surface area contributed by atoms with E-state index in [4.69, 9.17) is 9.47 Å². The minimum Gasteiger partial charge on any atom is -0.394 e. The van der Waals surface area contributed by atoms with Crippen molar-refractivity contribution in [3.8, 4) is 0 Å². The Balaban J connectivity index is 2.14. The lowest BCUT2D eigenvalue weighted by Gasteiger charge is -2.40. The number of aliphatic hydroxyl groups is 7. The predicted octanol–water partition coefficient (Wildman–Crippen LogP) is 19.7. The molecule has 0 spiro atoms. The summed E-state index contributed by atoms with van der Waals surface area (Å²) < 4.78 is 11.2. The van der Waals surface area contributed by atoms with Crippen molar-refractivity contribution in [2.75, 3.05) is 13.2 Å². The molecule has 0 aromatic heterocycles. The first-order chi connectivity index (χ1) is 43.7. The fourth-order valence-corrected chi connectivity index (χ4v) is 12.7. The maximum Gasteiger partial charge on any atom is 0.249 e. The van der Waals surface area contributed by atoms with Crippen LogP contribution in [-0.2, 0) is 14.3 Å². The minimum atomic E-state index is -1.67. The van der Waals surface area contributed by atoms with Crippen LogP contribution >= 0.6 is 0 Å². The summed E-state index contributed by atoms with van der Waals surface area (Å²) in [7, 11) is 0. The molecular weight excluding hydrogens is 1110 g/mol. The summed E-state index contributed by atoms with van der Waals surface area (Å²) in [4.78, 5) is 13.3. The zero-order chi connectivity index (χ0) is 64.6. The molecule has 1 rings (SSSR count). The van der Waals surface area contributed by atoms with Crippen LogP contribution in [-0.4, -0.2) is 110 Å². The van der Waals surface area contributed by atoms with Gasteiger partial charge in [0, 0.05) is 0 Å². The molecule has 0 saturated carbocycles. The maximum atomic E-state index is 13.3. The second-order valence-corrected chi connectivity index (χ2v) is 27.4. The van der Waals surface area contributed by atoms with Gasteiger partial charge < -0.3 is 50.5 Å². The van der Waals surface area contributed by atoms with Gasteiger partial charge in [0.05, 0.1) is 25.4 Å². The molecule has 9 unspecified atom stereocenters. The number of carbonyl (C=O) groups is 1. The molecule has 1 aliphatic rings. The third kappa shape index (κ3) is 53.3. The van der Waals surface area contributed by atoms with Crippen LogP contribution in [0.3, 0.4) is 0 Å². The Labute approximate surface area is 549 Å². The van der Waals surface area contributed by atoms with Crippen molar-refractivity contribution in [2.45, 2.75) is 441 Å². The molecule has 1 saturated heterocycles. The van der Waals surface area contributed by atoms with Crippen LogP contribution in [0.25, 0.3) is 0 Å². The highest BCUT2D eigenvalue weighted by Gasteiger charge is 2.44. The minimum absolute atomic E-state index is 0.248. The van der Waals surface area contributed by atoms with Gasteiger partial charge in [-0.2, -0.15) is 0 Å². The molecule has 0 aromatic rings. The number of hydrogen-bond acceptors (Lipinski definition) is 10. The molecule has 1 amide bonds. The Hall–Kier alpha value is -1.67. The molecule has 11 nitrogen and oxygen atoms in total. The first kappa shape index (κ1) is 85.3. The lowest BCUT2D eigenvalue weighted by molar-refractivity contribution is -0.303. The highest BCUT2D eigenvalue weighted by Crippen LogP contribution is 2.24. The van der Waals surface area contributed by atoms with Gasteiger partial charge in [-0.3, -0.25) is 4.79 Å². The normalized spacial score (nSPS) is 18.7. The second kappa shape index (κ2) is 66.4. The Morgan fingerprint density at radius 3 is 1.00 bits per heavy atom. The Morgan fingerprint density at radius 1 is 0.382 bits per heavy atom. The Bertz CT molecular complexity index is 1540. The summed E-state index contributed by atoms with van der Waals surface area (Å²) in [5, 5.41) is 76.6. The highest BCUT2D eigenvalue weighted by atomic mass is 16.7. The topological polar surface area (TPSA) is 189 Å². The van der Waals surface area contributed by atoms with Gasteiger partial charge in [0.1, 0.15) is 36.6 Å². The smallest absolute Gasteiger partial charge is 0.249 e. The summed E-state index contributed by atoms with van der Waals surface area (Å²) in [6, 6.07) is -1.19. The van der Waals surface area contributed by atoms with Crippen molar-refractivity contribution in [3.63, 3.8) is 0 Å². The van der Waals surface area contributed by atoms with E-state index in [2.05, 4.69) is 55.6 Å². The van der Waals surface area contributed by atoms with Gasteiger partial charge >= 0.3 is 0 Å². The lowest BCUT2D eigenvalue weighted by Crippen LogP contribution is -2.60. The third-order valence-corrected chi connectivity index (χ3v) is 18.9. The van der Waals surface area contributed by atoms with Crippen molar-refractivity contribution >= 4 is 5.91 Å². The molecule has 0 aromatic carbocycles. The van der Waals surface area contributed by atoms with Gasteiger partial charge in [-0.15, -0.1) is 0 Å². The molecule has 526 valence electrons. The van der Waals surface area contributed by atoms with E-state index < -0.39 is 74.2 Å². The molecule has 1 heterocycles. The standard InChI is InChI=1S/C78H149NO10/c1-3-5-7-9-11-13-15-17-19-21-23-25-27-29-30-31-32-33-34-35-36-37-38-39-40-41-42-44-46-48-50-52-54-56-58-60-62-64-66-71(82)77(87)79-69(68-88-78-76(86)75(85)74(84)72(67-80)89-78)73(83)70(81)65-63-61-59-57-55-53-51-49-47-45-43-28-26-24-22-20-18-16-14-12-10-8-6-4-2/h35-36,49,51,57,59,69-76,78,80-86H,3-34,37-48,50,52-56,58,60-68H2,1-2H3,(H,79,87)/b36-35-,51-49+,59-57+. The van der Waals surface area contributed by atoms with Gasteiger partial charge in [-0.25, -0.2) is 0 Å². The van der Waals surface area contributed by atoms with E-state index in [1.54, 1.807) is 0 Å². The van der Waals surface area contributed by atoms with E-state index in [1.807, 2.05) is 0 Å². The fraction of sp³-hybridized carbons (Fsp3) is 0.910. The van der Waals surface area contributed by atoms with Crippen molar-refractivity contribution < 1.29 is 50.0 Å². The summed E-state index contributed by atoms with van der Waals surface area (Å²) in [6.45, 7) is 3.50. The summed E-state index contributed by atoms with van der Waals surface area (Å²) >= 11 is 0. The van der Waals surface area contributed by atoms with Crippen LogP contribution in [0, 0.1) is 0 Å². The largest absolute Gasteiger partial charge is 0.394 e. The molecule has 8 N–H and O–H groups in total. The monoisotopic (exact) mass is 1260 g/mol. The van der Waals surface area contributed by atoms with Gasteiger partial charge in [0.15, 0.2) is 6.29 Å². The number of hydrogen-bond donors (Lipinski definition) is 8. The fourth-order valence-electron chi connectivity index (χ4n) is 12.7. The number of unbranched alkanes of at least 4 members (excludes halogenated alkanes) is 51. The van der Waals surface area contributed by atoms with Crippen LogP contribution in [0.4, 0.5) is 0 Å². The zero-order valence-corrected chi connectivity index (χ0v) is 58.4. The van der Waals surface area contributed by atoms with Crippen molar-refractivity contribution in [1.29, 1.82) is 0 Å². The van der Waals surface area contributed by atoms with Crippen LogP contribution in [0.1, 0.15) is 386 Å². The number of allylic oxidation sites excluding steroid dienone is 6. The Morgan fingerprint density at radius 2 is 0.674 bits per heavy atom. The van der Waals surface area contributed by atoms with E-state index in [1.165, 1.54) is 302 Å². The number of nitrogens with one attached hydrogen (secondary N) is 1. The van der Waals surface area contributed by atoms with E-state index in [9.17, 15) is 40.5 Å². The average molecular weight is 1260 g/mol. The Kier molecular flexibility index (Phi) is 63.6. The van der Waals surface area contributed by atoms with Crippen LogP contribution in [0.5, 0.6) is 0 Å². The zero-order valence-electron chi connectivity index (χ0n) is 58.4. The second-order valence-electron chi connectivity index (χ2n) is 27.4. The molecule has 1 aliphatic heterocycles. The van der Waals surface area contributed by atoms with Crippen LogP contribution in [0.2, 0.25) is 0 Å². The molecule has 0 bridgehead atoms. The van der Waals surface area contributed by atoms with Gasteiger partial charge in [-0.1, -0.05) is 346 Å². The number of ether oxygens (including phenoxy) is 2. The molecule has 89 heavy (non-hydrogen) atoms. The molecule has 11 heteroatoms. The molecule has 9 atom stereocenters. The van der Waals surface area contributed by atoms with Gasteiger partial charge in [0.2, 0.25) is 5.91 Å². The molecule has 1 fully saturated rings. The van der Waals surface area contributed by atoms with Crippen LogP contribution in [0.15, 0.2) is 36.5 Å². The van der Waals surface area contributed by atoms with Crippen molar-refractivity contribution in [3.05, 3.63) is 36.5 Å². The molecule has 0 aliphatic carbocycles. The van der Waals surface area contributed by atoms with E-state index in [0.717, 1.165) is 38.5 Å². The van der Waals surface area contributed by atoms with E-state index in [0.29, 0.717) is 19.3 Å². The maximum absolute atomic E-state index is 13.3. The third-order valence-electron chi connectivity index (χ3n) is 18.9.